The Morgan fingerprint density at radius 2 is 1.89 bits per heavy atom. The molecule has 0 aliphatic carbocycles. The summed E-state index contributed by atoms with van der Waals surface area (Å²) in [6.45, 7) is 2.22. The third-order valence-electron chi connectivity index (χ3n) is 4.00. The number of ether oxygens (including phenoxy) is 2. The summed E-state index contributed by atoms with van der Waals surface area (Å²) in [6.07, 6.45) is 0. The molecule has 0 saturated heterocycles. The Morgan fingerprint density at radius 1 is 1.19 bits per heavy atom. The highest BCUT2D eigenvalue weighted by Gasteiger charge is 2.17. The molecule has 2 aromatic carbocycles. The number of hydrogen-bond acceptors (Lipinski definition) is 6. The highest BCUT2D eigenvalue weighted by Crippen LogP contribution is 2.35. The van der Waals surface area contributed by atoms with Crippen LogP contribution >= 0.6 is 0 Å². The Kier molecular flexibility index (Phi) is 4.89. The molecular formula is C19H16N2O6. The van der Waals surface area contributed by atoms with E-state index in [-0.39, 0.29) is 11.3 Å². The number of methoxy groups -OCH3 is 1. The summed E-state index contributed by atoms with van der Waals surface area (Å²) in [6, 6.07) is 10.4. The molecule has 1 aromatic heterocycles. The molecule has 0 fully saturated rings. The molecule has 0 spiro atoms. The van der Waals surface area contributed by atoms with E-state index in [1.807, 2.05) is 6.92 Å². The van der Waals surface area contributed by atoms with Crippen molar-refractivity contribution in [3.8, 4) is 22.8 Å². The van der Waals surface area contributed by atoms with E-state index in [4.69, 9.17) is 9.47 Å². The lowest BCUT2D eigenvalue weighted by atomic mass is 10.0. The van der Waals surface area contributed by atoms with Gasteiger partial charge in [0.15, 0.2) is 11.5 Å². The van der Waals surface area contributed by atoms with Crippen LogP contribution in [0.25, 0.3) is 22.2 Å². The summed E-state index contributed by atoms with van der Waals surface area (Å²) in [7, 11) is 1.49. The molecule has 0 aliphatic heterocycles. The first-order valence-electron chi connectivity index (χ1n) is 8.08. The number of aromatic carboxylic acids is 1. The van der Waals surface area contributed by atoms with Gasteiger partial charge < -0.3 is 14.6 Å². The van der Waals surface area contributed by atoms with Crippen LogP contribution in [-0.4, -0.2) is 34.7 Å². The number of pyridine rings is 1. The number of non-ortho nitro benzene ring substituents is 1. The summed E-state index contributed by atoms with van der Waals surface area (Å²) < 4.78 is 10.8. The fourth-order valence-electron chi connectivity index (χ4n) is 2.74. The first kappa shape index (κ1) is 18.1. The van der Waals surface area contributed by atoms with Gasteiger partial charge in [-0.15, -0.1) is 0 Å². The van der Waals surface area contributed by atoms with E-state index in [1.54, 1.807) is 12.1 Å². The molecule has 8 heteroatoms. The van der Waals surface area contributed by atoms with Crippen LogP contribution in [0.2, 0.25) is 0 Å². The first-order valence-corrected chi connectivity index (χ1v) is 8.08. The lowest BCUT2D eigenvalue weighted by Gasteiger charge is -2.13. The molecule has 0 bridgehead atoms. The Morgan fingerprint density at radius 3 is 2.44 bits per heavy atom. The monoisotopic (exact) mass is 368 g/mol. The number of nitro benzene ring substituents is 1. The number of fused-ring (bicyclic) bond motifs is 1. The second-order valence-electron chi connectivity index (χ2n) is 5.62. The third kappa shape index (κ3) is 3.50. The normalized spacial score (nSPS) is 10.6. The number of benzene rings is 2. The zero-order chi connectivity index (χ0) is 19.6. The number of nitro groups is 1. The minimum atomic E-state index is -1.11. The van der Waals surface area contributed by atoms with Gasteiger partial charge in [0.25, 0.3) is 5.69 Å². The van der Waals surface area contributed by atoms with Gasteiger partial charge in [0.1, 0.15) is 0 Å². The Balaban J connectivity index is 2.21. The number of carboxylic acids is 1. The van der Waals surface area contributed by atoms with Crippen LogP contribution in [-0.2, 0) is 0 Å². The van der Waals surface area contributed by atoms with Crippen molar-refractivity contribution in [2.75, 3.05) is 13.7 Å². The Hall–Kier alpha value is -3.68. The maximum Gasteiger partial charge on any atom is 0.336 e. The largest absolute Gasteiger partial charge is 0.493 e. The Labute approximate surface area is 154 Å². The van der Waals surface area contributed by atoms with Crippen LogP contribution in [0.1, 0.15) is 17.3 Å². The Bertz CT molecular complexity index is 1030. The van der Waals surface area contributed by atoms with E-state index in [9.17, 15) is 20.0 Å². The second kappa shape index (κ2) is 7.28. The van der Waals surface area contributed by atoms with Crippen LogP contribution in [0, 0.1) is 10.1 Å². The quantitative estimate of drug-likeness (QED) is 0.518. The molecule has 0 aliphatic rings. The minimum absolute atomic E-state index is 0.0527. The van der Waals surface area contributed by atoms with Gasteiger partial charge in [-0.05, 0) is 31.2 Å². The molecule has 1 heterocycles. The van der Waals surface area contributed by atoms with E-state index in [2.05, 4.69) is 4.98 Å². The van der Waals surface area contributed by atoms with Gasteiger partial charge in [0.2, 0.25) is 0 Å². The standard InChI is InChI=1S/C19H16N2O6/c1-3-27-18-9-13-14(19(22)23)8-15(20-16(13)10-17(18)26-2)11-4-6-12(7-5-11)21(24)25/h4-10H,3H2,1-2H3,(H,22,23). The molecule has 8 nitrogen and oxygen atoms in total. The van der Waals surface area contributed by atoms with Crippen LogP contribution in [0.4, 0.5) is 5.69 Å². The van der Waals surface area contributed by atoms with Crippen molar-refractivity contribution in [2.45, 2.75) is 6.92 Å². The molecule has 138 valence electrons. The summed E-state index contributed by atoms with van der Waals surface area (Å²) in [5, 5.41) is 20.9. The van der Waals surface area contributed by atoms with Crippen molar-refractivity contribution in [3.63, 3.8) is 0 Å². The third-order valence-corrected chi connectivity index (χ3v) is 4.00. The van der Waals surface area contributed by atoms with E-state index < -0.39 is 10.9 Å². The summed E-state index contributed by atoms with van der Waals surface area (Å²) in [5.41, 5.74) is 1.38. The highest BCUT2D eigenvalue weighted by molar-refractivity contribution is 6.04. The smallest absolute Gasteiger partial charge is 0.336 e. The van der Waals surface area contributed by atoms with Crippen molar-refractivity contribution in [3.05, 3.63) is 58.1 Å². The molecule has 0 saturated carbocycles. The van der Waals surface area contributed by atoms with Crippen LogP contribution in [0.3, 0.4) is 0 Å². The van der Waals surface area contributed by atoms with Gasteiger partial charge in [0.05, 0.1) is 35.4 Å². The number of nitrogens with zero attached hydrogens (tertiary/aromatic N) is 2. The van der Waals surface area contributed by atoms with Gasteiger partial charge in [-0.3, -0.25) is 10.1 Å². The van der Waals surface area contributed by atoms with Crippen LogP contribution in [0.15, 0.2) is 42.5 Å². The van der Waals surface area contributed by atoms with Crippen molar-refractivity contribution in [1.82, 2.24) is 4.98 Å². The number of rotatable bonds is 6. The number of carboxylic acid groups (broad SMARTS) is 1. The summed E-state index contributed by atoms with van der Waals surface area (Å²) in [4.78, 5) is 26.6. The molecule has 1 N–H and O–H groups in total. The van der Waals surface area contributed by atoms with Crippen molar-refractivity contribution >= 4 is 22.6 Å². The predicted octanol–water partition coefficient (Wildman–Crippen LogP) is 3.92. The van der Waals surface area contributed by atoms with Gasteiger partial charge in [-0.1, -0.05) is 0 Å². The molecular weight excluding hydrogens is 352 g/mol. The molecule has 3 rings (SSSR count). The molecule has 27 heavy (non-hydrogen) atoms. The SMILES string of the molecule is CCOc1cc2c(C(=O)O)cc(-c3ccc([N+](=O)[O-])cc3)nc2cc1OC. The van der Waals surface area contributed by atoms with Gasteiger partial charge in [-0.2, -0.15) is 0 Å². The molecule has 0 amide bonds. The first-order chi connectivity index (χ1) is 12.9. The second-order valence-corrected chi connectivity index (χ2v) is 5.62. The predicted molar refractivity (Wildman–Crippen MR) is 98.5 cm³/mol. The lowest BCUT2D eigenvalue weighted by Crippen LogP contribution is -2.02. The van der Waals surface area contributed by atoms with E-state index >= 15 is 0 Å². The number of aromatic nitrogens is 1. The van der Waals surface area contributed by atoms with Crippen molar-refractivity contribution < 1.29 is 24.3 Å². The number of hydrogen-bond donors (Lipinski definition) is 1. The molecule has 0 radical (unpaired) electrons. The van der Waals surface area contributed by atoms with Crippen LogP contribution in [0.5, 0.6) is 11.5 Å². The minimum Gasteiger partial charge on any atom is -0.493 e. The van der Waals surface area contributed by atoms with Gasteiger partial charge in [-0.25, -0.2) is 9.78 Å². The average Bonchev–Trinajstić information content (AvgIpc) is 2.66. The van der Waals surface area contributed by atoms with Crippen molar-refractivity contribution in [2.24, 2.45) is 0 Å². The lowest BCUT2D eigenvalue weighted by molar-refractivity contribution is -0.384. The zero-order valence-electron chi connectivity index (χ0n) is 14.6. The maximum absolute atomic E-state index is 11.8. The number of carbonyl (C=O) groups is 1. The van der Waals surface area contributed by atoms with E-state index in [0.717, 1.165) is 0 Å². The fraction of sp³-hybridized carbons (Fsp3) is 0.158. The van der Waals surface area contributed by atoms with E-state index in [0.29, 0.717) is 40.3 Å². The highest BCUT2D eigenvalue weighted by atomic mass is 16.6. The van der Waals surface area contributed by atoms with Crippen LogP contribution < -0.4 is 9.47 Å². The summed E-state index contributed by atoms with van der Waals surface area (Å²) in [5.74, 6) is -0.243. The fourth-order valence-corrected chi connectivity index (χ4v) is 2.74. The van der Waals surface area contributed by atoms with Gasteiger partial charge in [0, 0.05) is 29.1 Å². The maximum atomic E-state index is 11.8. The average molecular weight is 368 g/mol. The van der Waals surface area contributed by atoms with Crippen molar-refractivity contribution in [1.29, 1.82) is 0 Å². The van der Waals surface area contributed by atoms with E-state index in [1.165, 1.54) is 37.4 Å². The molecule has 0 unspecified atom stereocenters. The molecule has 0 atom stereocenters. The van der Waals surface area contributed by atoms with Gasteiger partial charge >= 0.3 is 5.97 Å². The zero-order valence-corrected chi connectivity index (χ0v) is 14.6. The summed E-state index contributed by atoms with van der Waals surface area (Å²) >= 11 is 0. The molecule has 3 aromatic rings. The topological polar surface area (TPSA) is 112 Å².